The van der Waals surface area contributed by atoms with E-state index in [9.17, 15) is 0 Å². The second-order valence-corrected chi connectivity index (χ2v) is 4.38. The topological polar surface area (TPSA) is 18.5 Å². The number of likely N-dealkylation sites (tertiary alicyclic amines) is 1. The first-order chi connectivity index (χ1) is 6.65. The second-order valence-electron chi connectivity index (χ2n) is 3.99. The highest BCUT2D eigenvalue weighted by Crippen LogP contribution is 2.15. The molecule has 1 atom stereocenters. The maximum Gasteiger partial charge on any atom is 0.168 e. The highest BCUT2D eigenvalue weighted by molar-refractivity contribution is 7.80. The first-order valence-corrected chi connectivity index (χ1v) is 5.75. The Hall–Kier alpha value is -0.350. The van der Waals surface area contributed by atoms with E-state index in [1.807, 2.05) is 0 Å². The van der Waals surface area contributed by atoms with Crippen LogP contribution in [0.1, 0.15) is 19.8 Å². The molecule has 0 saturated carbocycles. The van der Waals surface area contributed by atoms with E-state index in [-0.39, 0.29) is 0 Å². The molecule has 0 bridgehead atoms. The highest BCUT2D eigenvalue weighted by Gasteiger charge is 2.22. The minimum absolute atomic E-state index is 0.677. The van der Waals surface area contributed by atoms with E-state index in [2.05, 4.69) is 36.1 Å². The zero-order valence-corrected chi connectivity index (χ0v) is 10.2. The minimum atomic E-state index is 0.677. The molecular weight excluding hydrogens is 194 g/mol. The van der Waals surface area contributed by atoms with E-state index < -0.39 is 0 Å². The number of hydrogen-bond donors (Lipinski definition) is 1. The molecule has 0 aromatic carbocycles. The third kappa shape index (κ3) is 3.10. The van der Waals surface area contributed by atoms with E-state index in [0.29, 0.717) is 6.04 Å². The van der Waals surface area contributed by atoms with Crippen molar-refractivity contribution >= 4 is 17.3 Å². The molecule has 1 heterocycles. The number of nitrogens with one attached hydrogen (secondary N) is 1. The van der Waals surface area contributed by atoms with Gasteiger partial charge in [0, 0.05) is 26.2 Å². The van der Waals surface area contributed by atoms with Gasteiger partial charge >= 0.3 is 0 Å². The lowest BCUT2D eigenvalue weighted by molar-refractivity contribution is 0.267. The Balaban J connectivity index is 2.32. The molecule has 1 rings (SSSR count). The summed E-state index contributed by atoms with van der Waals surface area (Å²) in [7, 11) is 4.26. The molecule has 1 saturated heterocycles. The molecule has 0 aromatic rings. The van der Waals surface area contributed by atoms with Crippen molar-refractivity contribution in [1.29, 1.82) is 0 Å². The fourth-order valence-corrected chi connectivity index (χ4v) is 2.11. The van der Waals surface area contributed by atoms with Gasteiger partial charge in [-0.1, -0.05) is 0 Å². The lowest BCUT2D eigenvalue weighted by atomic mass is 10.2. The van der Waals surface area contributed by atoms with Crippen LogP contribution in [0.5, 0.6) is 0 Å². The van der Waals surface area contributed by atoms with E-state index in [1.54, 1.807) is 0 Å². The molecule has 1 unspecified atom stereocenters. The smallest absolute Gasteiger partial charge is 0.168 e. The van der Waals surface area contributed by atoms with Crippen molar-refractivity contribution in [2.45, 2.75) is 25.8 Å². The van der Waals surface area contributed by atoms with Crippen molar-refractivity contribution < 1.29 is 0 Å². The summed E-state index contributed by atoms with van der Waals surface area (Å²) < 4.78 is 0. The normalized spacial score (nSPS) is 22.4. The number of hydrogen-bond acceptors (Lipinski definition) is 2. The Bertz CT molecular complexity index is 196. The van der Waals surface area contributed by atoms with Gasteiger partial charge in [0.2, 0.25) is 0 Å². The Morgan fingerprint density at radius 1 is 1.64 bits per heavy atom. The summed E-state index contributed by atoms with van der Waals surface area (Å²) in [6.07, 6.45) is 2.62. The minimum Gasteiger partial charge on any atom is -0.363 e. The average Bonchev–Trinajstić information content (AvgIpc) is 2.52. The summed E-state index contributed by atoms with van der Waals surface area (Å²) in [5, 5.41) is 4.04. The first kappa shape index (κ1) is 11.7. The van der Waals surface area contributed by atoms with Gasteiger partial charge in [0.25, 0.3) is 0 Å². The van der Waals surface area contributed by atoms with Gasteiger partial charge in [-0.05, 0) is 45.6 Å². The Labute approximate surface area is 92.4 Å². The Kier molecular flexibility index (Phi) is 4.62. The Morgan fingerprint density at radius 2 is 2.36 bits per heavy atom. The van der Waals surface area contributed by atoms with Crippen LogP contribution >= 0.6 is 12.2 Å². The van der Waals surface area contributed by atoms with Gasteiger partial charge < -0.3 is 15.1 Å². The molecule has 1 fully saturated rings. The van der Waals surface area contributed by atoms with Crippen LogP contribution in [-0.4, -0.2) is 54.7 Å². The number of rotatable bonds is 3. The van der Waals surface area contributed by atoms with Crippen molar-refractivity contribution in [3.8, 4) is 0 Å². The van der Waals surface area contributed by atoms with Crippen LogP contribution in [-0.2, 0) is 0 Å². The van der Waals surface area contributed by atoms with Crippen LogP contribution < -0.4 is 5.32 Å². The second kappa shape index (κ2) is 5.51. The fraction of sp³-hybridized carbons (Fsp3) is 0.900. The Morgan fingerprint density at radius 3 is 2.86 bits per heavy atom. The zero-order chi connectivity index (χ0) is 10.6. The molecule has 0 amide bonds. The monoisotopic (exact) mass is 215 g/mol. The van der Waals surface area contributed by atoms with Crippen LogP contribution in [0.2, 0.25) is 0 Å². The number of nitrogens with zero attached hydrogens (tertiary/aromatic N) is 2. The van der Waals surface area contributed by atoms with Gasteiger partial charge in [-0.2, -0.15) is 0 Å². The first-order valence-electron chi connectivity index (χ1n) is 5.34. The van der Waals surface area contributed by atoms with Gasteiger partial charge in [0.05, 0.1) is 0 Å². The molecule has 1 N–H and O–H groups in total. The maximum atomic E-state index is 5.25. The molecule has 0 aromatic heterocycles. The lowest BCUT2D eigenvalue weighted by Gasteiger charge is -2.27. The third-order valence-corrected chi connectivity index (χ3v) is 3.29. The van der Waals surface area contributed by atoms with Crippen molar-refractivity contribution in [3.63, 3.8) is 0 Å². The summed E-state index contributed by atoms with van der Waals surface area (Å²) in [6, 6.07) is 0.677. The van der Waals surface area contributed by atoms with E-state index in [4.69, 9.17) is 12.2 Å². The quantitative estimate of drug-likeness (QED) is 0.705. The van der Waals surface area contributed by atoms with Gasteiger partial charge in [-0.25, -0.2) is 0 Å². The van der Waals surface area contributed by atoms with E-state index in [1.165, 1.54) is 19.4 Å². The van der Waals surface area contributed by atoms with Crippen molar-refractivity contribution in [2.24, 2.45) is 0 Å². The summed E-state index contributed by atoms with van der Waals surface area (Å²) in [5.41, 5.74) is 0. The summed E-state index contributed by atoms with van der Waals surface area (Å²) >= 11 is 5.25. The zero-order valence-electron chi connectivity index (χ0n) is 9.42. The third-order valence-electron chi connectivity index (χ3n) is 2.83. The maximum absolute atomic E-state index is 5.25. The average molecular weight is 215 g/mol. The van der Waals surface area contributed by atoms with Crippen LogP contribution in [0.15, 0.2) is 0 Å². The molecule has 0 radical (unpaired) electrons. The van der Waals surface area contributed by atoms with Gasteiger partial charge in [-0.3, -0.25) is 0 Å². The van der Waals surface area contributed by atoms with Crippen LogP contribution in [0.3, 0.4) is 0 Å². The van der Waals surface area contributed by atoms with Crippen LogP contribution in [0, 0.1) is 0 Å². The molecule has 82 valence electrons. The number of thiocarbonyl (C=S) groups is 1. The van der Waals surface area contributed by atoms with Crippen molar-refractivity contribution in [3.05, 3.63) is 0 Å². The summed E-state index contributed by atoms with van der Waals surface area (Å²) in [5.74, 6) is 0. The van der Waals surface area contributed by atoms with Crippen molar-refractivity contribution in [2.75, 3.05) is 33.7 Å². The molecule has 0 spiro atoms. The van der Waals surface area contributed by atoms with Gasteiger partial charge in [0.15, 0.2) is 5.11 Å². The van der Waals surface area contributed by atoms with Crippen LogP contribution in [0.25, 0.3) is 0 Å². The SMILES string of the molecule is CCNC(=S)N(C)CC1CCCN1C. The largest absolute Gasteiger partial charge is 0.363 e. The molecular formula is C10H21N3S. The van der Waals surface area contributed by atoms with Crippen LogP contribution in [0.4, 0.5) is 0 Å². The van der Waals surface area contributed by atoms with Gasteiger partial charge in [-0.15, -0.1) is 0 Å². The summed E-state index contributed by atoms with van der Waals surface area (Å²) in [6.45, 7) is 5.25. The van der Waals surface area contributed by atoms with Crippen molar-refractivity contribution in [1.82, 2.24) is 15.1 Å². The van der Waals surface area contributed by atoms with Gasteiger partial charge in [0.1, 0.15) is 0 Å². The molecule has 3 nitrogen and oxygen atoms in total. The molecule has 14 heavy (non-hydrogen) atoms. The molecule has 0 aliphatic carbocycles. The molecule has 1 aliphatic heterocycles. The fourth-order valence-electron chi connectivity index (χ4n) is 1.90. The number of likely N-dealkylation sites (N-methyl/N-ethyl adjacent to an activating group) is 2. The standard InChI is InChI=1S/C10H21N3S/c1-4-11-10(14)13(3)8-9-6-5-7-12(9)2/h9H,4-8H2,1-3H3,(H,11,14). The lowest BCUT2D eigenvalue weighted by Crippen LogP contribution is -2.43. The molecule has 1 aliphatic rings. The van der Waals surface area contributed by atoms with E-state index in [0.717, 1.165) is 18.2 Å². The predicted octanol–water partition coefficient (Wildman–Crippen LogP) is 0.907. The molecule has 4 heteroatoms. The summed E-state index contributed by atoms with van der Waals surface area (Å²) in [4.78, 5) is 4.57. The van der Waals surface area contributed by atoms with E-state index >= 15 is 0 Å². The predicted molar refractivity (Wildman–Crippen MR) is 64.6 cm³/mol. The highest BCUT2D eigenvalue weighted by atomic mass is 32.1.